The van der Waals surface area contributed by atoms with Crippen molar-refractivity contribution in [2.75, 3.05) is 18.5 Å². The van der Waals surface area contributed by atoms with Crippen molar-refractivity contribution in [3.05, 3.63) is 33.3 Å². The van der Waals surface area contributed by atoms with E-state index in [1.165, 1.54) is 12.1 Å². The number of nitro groups is 1. The Hall–Kier alpha value is -1.47. The van der Waals surface area contributed by atoms with Crippen LogP contribution >= 0.6 is 11.6 Å². The van der Waals surface area contributed by atoms with Gasteiger partial charge in [0.1, 0.15) is 12.3 Å². The van der Waals surface area contributed by atoms with Crippen LogP contribution in [0.15, 0.2) is 18.2 Å². The first-order valence-corrected chi connectivity index (χ1v) is 4.90. The van der Waals surface area contributed by atoms with Gasteiger partial charge in [-0.3, -0.25) is 10.1 Å². The van der Waals surface area contributed by atoms with Crippen LogP contribution in [0.3, 0.4) is 0 Å². The normalized spacial score (nSPS) is 11.3. The smallest absolute Gasteiger partial charge is 0.293 e. The first kappa shape index (κ1) is 13.6. The molecule has 0 aromatic heterocycles. The molecule has 17 heavy (non-hydrogen) atoms. The third-order valence-electron chi connectivity index (χ3n) is 1.94. The van der Waals surface area contributed by atoms with E-state index in [9.17, 15) is 18.9 Å². The SMILES string of the molecule is O=[N+]([O-])c1cccc(Cl)c1NCC(F)(F)CO. The van der Waals surface area contributed by atoms with Crippen molar-refractivity contribution >= 4 is 23.0 Å². The minimum absolute atomic E-state index is 0.0343. The second-order valence-electron chi connectivity index (χ2n) is 3.26. The van der Waals surface area contributed by atoms with Crippen molar-refractivity contribution in [3.63, 3.8) is 0 Å². The first-order valence-electron chi connectivity index (χ1n) is 4.53. The summed E-state index contributed by atoms with van der Waals surface area (Å²) in [5, 5.41) is 21.1. The molecular formula is C9H9ClF2N2O3. The Morgan fingerprint density at radius 1 is 1.53 bits per heavy atom. The van der Waals surface area contributed by atoms with E-state index in [1.807, 2.05) is 0 Å². The summed E-state index contributed by atoms with van der Waals surface area (Å²) in [4.78, 5) is 9.91. The number of alkyl halides is 2. The molecular weight excluding hydrogens is 258 g/mol. The van der Waals surface area contributed by atoms with Crippen LogP contribution in [0.2, 0.25) is 5.02 Å². The van der Waals surface area contributed by atoms with Gasteiger partial charge >= 0.3 is 0 Å². The molecule has 0 saturated heterocycles. The van der Waals surface area contributed by atoms with Crippen LogP contribution in [0.25, 0.3) is 0 Å². The molecule has 5 nitrogen and oxygen atoms in total. The standard InChI is InChI=1S/C9H9ClF2N2O3/c10-6-2-1-3-7(14(16)17)8(6)13-4-9(11,12)5-15/h1-3,13,15H,4-5H2. The molecule has 2 N–H and O–H groups in total. The summed E-state index contributed by atoms with van der Waals surface area (Å²) in [5.41, 5.74) is -0.585. The lowest BCUT2D eigenvalue weighted by Crippen LogP contribution is -2.31. The monoisotopic (exact) mass is 266 g/mol. The molecule has 0 atom stereocenters. The maximum Gasteiger partial charge on any atom is 0.293 e. The van der Waals surface area contributed by atoms with Gasteiger partial charge in [0.15, 0.2) is 0 Å². The Morgan fingerprint density at radius 3 is 2.71 bits per heavy atom. The number of halogens is 3. The Kier molecular flexibility index (Phi) is 4.19. The number of nitro benzene ring substituents is 1. The van der Waals surface area contributed by atoms with Gasteiger partial charge in [0, 0.05) is 6.07 Å². The predicted molar refractivity (Wildman–Crippen MR) is 58.6 cm³/mol. The molecule has 1 rings (SSSR count). The van der Waals surface area contributed by atoms with Crippen molar-refractivity contribution < 1.29 is 18.8 Å². The summed E-state index contributed by atoms with van der Waals surface area (Å²) in [6, 6.07) is 3.83. The first-order chi connectivity index (χ1) is 7.87. The van der Waals surface area contributed by atoms with E-state index < -0.39 is 29.7 Å². The number of para-hydroxylation sites is 1. The highest BCUT2D eigenvalue weighted by atomic mass is 35.5. The maximum absolute atomic E-state index is 12.8. The van der Waals surface area contributed by atoms with Gasteiger partial charge in [-0.1, -0.05) is 17.7 Å². The zero-order chi connectivity index (χ0) is 13.1. The number of rotatable bonds is 5. The number of benzene rings is 1. The quantitative estimate of drug-likeness (QED) is 0.633. The zero-order valence-electron chi connectivity index (χ0n) is 8.49. The summed E-state index contributed by atoms with van der Waals surface area (Å²) >= 11 is 5.67. The number of nitrogens with zero attached hydrogens (tertiary/aromatic N) is 1. The fourth-order valence-corrected chi connectivity index (χ4v) is 1.35. The van der Waals surface area contributed by atoms with Crippen molar-refractivity contribution in [2.24, 2.45) is 0 Å². The molecule has 1 aromatic rings. The average molecular weight is 267 g/mol. The van der Waals surface area contributed by atoms with E-state index in [-0.39, 0.29) is 10.7 Å². The predicted octanol–water partition coefficient (Wildman–Crippen LogP) is 2.29. The highest BCUT2D eigenvalue weighted by molar-refractivity contribution is 6.33. The largest absolute Gasteiger partial charge is 0.390 e. The average Bonchev–Trinajstić information content (AvgIpc) is 2.27. The summed E-state index contributed by atoms with van der Waals surface area (Å²) < 4.78 is 25.6. The fourth-order valence-electron chi connectivity index (χ4n) is 1.11. The molecule has 0 aliphatic carbocycles. The molecule has 0 amide bonds. The topological polar surface area (TPSA) is 75.4 Å². The molecule has 0 heterocycles. The Morgan fingerprint density at radius 2 is 2.18 bits per heavy atom. The lowest BCUT2D eigenvalue weighted by molar-refractivity contribution is -0.384. The number of aliphatic hydroxyl groups excluding tert-OH is 1. The highest BCUT2D eigenvalue weighted by Crippen LogP contribution is 2.32. The van der Waals surface area contributed by atoms with Crippen LogP contribution in [0, 0.1) is 10.1 Å². The van der Waals surface area contributed by atoms with Crippen molar-refractivity contribution in [1.29, 1.82) is 0 Å². The zero-order valence-corrected chi connectivity index (χ0v) is 9.25. The number of hydrogen-bond donors (Lipinski definition) is 2. The second kappa shape index (κ2) is 5.24. The minimum Gasteiger partial charge on any atom is -0.390 e. The Bertz CT molecular complexity index is 429. The van der Waals surface area contributed by atoms with Gasteiger partial charge in [0.25, 0.3) is 11.6 Å². The summed E-state index contributed by atoms with van der Waals surface area (Å²) in [5.74, 6) is -3.37. The van der Waals surface area contributed by atoms with E-state index in [4.69, 9.17) is 16.7 Å². The summed E-state index contributed by atoms with van der Waals surface area (Å²) in [6.07, 6.45) is 0. The van der Waals surface area contributed by atoms with Crippen molar-refractivity contribution in [2.45, 2.75) is 5.92 Å². The van der Waals surface area contributed by atoms with Crippen molar-refractivity contribution in [3.8, 4) is 0 Å². The summed E-state index contributed by atoms with van der Waals surface area (Å²) in [7, 11) is 0. The van der Waals surface area contributed by atoms with Crippen LogP contribution in [0.4, 0.5) is 20.2 Å². The van der Waals surface area contributed by atoms with E-state index >= 15 is 0 Å². The molecule has 8 heteroatoms. The molecule has 0 aliphatic rings. The minimum atomic E-state index is -3.37. The molecule has 0 radical (unpaired) electrons. The molecule has 0 spiro atoms. The van der Waals surface area contributed by atoms with Crippen LogP contribution in [-0.4, -0.2) is 29.1 Å². The maximum atomic E-state index is 12.8. The van der Waals surface area contributed by atoms with Gasteiger partial charge in [-0.05, 0) is 6.07 Å². The van der Waals surface area contributed by atoms with Gasteiger partial charge < -0.3 is 10.4 Å². The molecule has 0 aliphatic heterocycles. The van der Waals surface area contributed by atoms with E-state index in [0.717, 1.165) is 6.07 Å². The second-order valence-corrected chi connectivity index (χ2v) is 3.67. The van der Waals surface area contributed by atoms with Gasteiger partial charge in [-0.25, -0.2) is 8.78 Å². The lowest BCUT2D eigenvalue weighted by atomic mass is 10.2. The third-order valence-corrected chi connectivity index (χ3v) is 2.26. The van der Waals surface area contributed by atoms with E-state index in [2.05, 4.69) is 5.32 Å². The van der Waals surface area contributed by atoms with Crippen LogP contribution in [-0.2, 0) is 0 Å². The van der Waals surface area contributed by atoms with Gasteiger partial charge in [0.05, 0.1) is 16.5 Å². The number of hydrogen-bond acceptors (Lipinski definition) is 4. The fraction of sp³-hybridized carbons (Fsp3) is 0.333. The van der Waals surface area contributed by atoms with Gasteiger partial charge in [0.2, 0.25) is 0 Å². The van der Waals surface area contributed by atoms with Crippen LogP contribution < -0.4 is 5.32 Å². The number of aliphatic hydroxyl groups is 1. The molecule has 1 aromatic carbocycles. The molecule has 0 unspecified atom stereocenters. The number of anilines is 1. The van der Waals surface area contributed by atoms with Gasteiger partial charge in [-0.15, -0.1) is 0 Å². The molecule has 0 fully saturated rings. The van der Waals surface area contributed by atoms with E-state index in [0.29, 0.717) is 0 Å². The van der Waals surface area contributed by atoms with E-state index in [1.54, 1.807) is 0 Å². The van der Waals surface area contributed by atoms with Gasteiger partial charge in [-0.2, -0.15) is 0 Å². The Labute approximate surface area is 100 Å². The molecule has 0 saturated carbocycles. The highest BCUT2D eigenvalue weighted by Gasteiger charge is 2.29. The number of nitrogens with one attached hydrogen (secondary N) is 1. The van der Waals surface area contributed by atoms with Crippen LogP contribution in [0.5, 0.6) is 0 Å². The molecule has 0 bridgehead atoms. The third kappa shape index (κ3) is 3.50. The molecule has 94 valence electrons. The lowest BCUT2D eigenvalue weighted by Gasteiger charge is -2.15. The van der Waals surface area contributed by atoms with Crippen molar-refractivity contribution in [1.82, 2.24) is 0 Å². The Balaban J connectivity index is 2.94. The van der Waals surface area contributed by atoms with Crippen LogP contribution in [0.1, 0.15) is 0 Å². The summed E-state index contributed by atoms with van der Waals surface area (Å²) in [6.45, 7) is -2.29.